The molecule has 0 radical (unpaired) electrons. The number of carbonyl (C=O) groups excluding carboxylic acids is 1. The van der Waals surface area contributed by atoms with E-state index < -0.39 is 0 Å². The second kappa shape index (κ2) is 8.82. The first-order chi connectivity index (χ1) is 11.5. The molecule has 2 aromatic rings. The Morgan fingerprint density at radius 1 is 1.00 bits per heavy atom. The van der Waals surface area contributed by atoms with E-state index in [1.807, 2.05) is 74.4 Å². The van der Waals surface area contributed by atoms with E-state index in [2.05, 4.69) is 10.6 Å². The van der Waals surface area contributed by atoms with Crippen molar-refractivity contribution in [2.75, 3.05) is 32.1 Å². The van der Waals surface area contributed by atoms with Crippen LogP contribution < -0.4 is 20.3 Å². The predicted molar refractivity (Wildman–Crippen MR) is 97.7 cm³/mol. The highest BCUT2D eigenvalue weighted by Gasteiger charge is 2.01. The van der Waals surface area contributed by atoms with Gasteiger partial charge in [0.05, 0.1) is 6.54 Å². The Morgan fingerprint density at radius 3 is 2.29 bits per heavy atom. The lowest BCUT2D eigenvalue weighted by atomic mass is 10.2. The molecule has 0 saturated heterocycles. The van der Waals surface area contributed by atoms with Crippen LogP contribution in [0.4, 0.5) is 10.5 Å². The first-order valence-electron chi connectivity index (χ1n) is 8.02. The van der Waals surface area contributed by atoms with E-state index in [-0.39, 0.29) is 6.03 Å². The van der Waals surface area contributed by atoms with Gasteiger partial charge in [-0.15, -0.1) is 0 Å². The van der Waals surface area contributed by atoms with Crippen molar-refractivity contribution in [2.45, 2.75) is 13.5 Å². The van der Waals surface area contributed by atoms with Gasteiger partial charge in [-0.1, -0.05) is 29.8 Å². The quantitative estimate of drug-likeness (QED) is 0.769. The van der Waals surface area contributed by atoms with Gasteiger partial charge in [-0.25, -0.2) is 4.79 Å². The van der Waals surface area contributed by atoms with Crippen molar-refractivity contribution in [2.24, 2.45) is 0 Å². The standard InChI is InChI=1S/C19H25N3O2/c1-15-4-10-18(11-5-15)24-13-12-20-19(23)21-14-16-6-8-17(9-7-16)22(2)3/h4-11H,12-14H2,1-3H3,(H2,20,21,23). The maximum Gasteiger partial charge on any atom is 0.315 e. The zero-order valence-corrected chi connectivity index (χ0v) is 14.5. The van der Waals surface area contributed by atoms with Crippen molar-refractivity contribution in [3.8, 4) is 5.75 Å². The molecule has 0 unspecified atom stereocenters. The second-order valence-electron chi connectivity index (χ2n) is 5.83. The van der Waals surface area contributed by atoms with Crippen LogP contribution in [0.15, 0.2) is 48.5 Å². The van der Waals surface area contributed by atoms with Crippen molar-refractivity contribution >= 4 is 11.7 Å². The van der Waals surface area contributed by atoms with Crippen LogP contribution in [0.2, 0.25) is 0 Å². The average Bonchev–Trinajstić information content (AvgIpc) is 2.59. The SMILES string of the molecule is Cc1ccc(OCCNC(=O)NCc2ccc(N(C)C)cc2)cc1. The molecule has 24 heavy (non-hydrogen) atoms. The van der Waals surface area contributed by atoms with Gasteiger partial charge in [0, 0.05) is 26.3 Å². The number of aryl methyl sites for hydroxylation is 1. The van der Waals surface area contributed by atoms with Gasteiger partial charge in [0.2, 0.25) is 0 Å². The largest absolute Gasteiger partial charge is 0.492 e. The van der Waals surface area contributed by atoms with Gasteiger partial charge in [-0.2, -0.15) is 0 Å². The molecule has 5 nitrogen and oxygen atoms in total. The summed E-state index contributed by atoms with van der Waals surface area (Å²) < 4.78 is 5.56. The molecular weight excluding hydrogens is 302 g/mol. The third-order valence-corrected chi connectivity index (χ3v) is 3.58. The Balaban J connectivity index is 1.63. The number of amides is 2. The molecule has 0 aromatic heterocycles. The van der Waals surface area contributed by atoms with E-state index >= 15 is 0 Å². The van der Waals surface area contributed by atoms with Gasteiger partial charge < -0.3 is 20.3 Å². The first kappa shape index (κ1) is 17.7. The van der Waals surface area contributed by atoms with E-state index in [1.54, 1.807) is 0 Å². The van der Waals surface area contributed by atoms with Gasteiger partial charge >= 0.3 is 6.03 Å². The van der Waals surface area contributed by atoms with Crippen molar-refractivity contribution in [3.63, 3.8) is 0 Å². The van der Waals surface area contributed by atoms with Crippen molar-refractivity contribution in [3.05, 3.63) is 59.7 Å². The van der Waals surface area contributed by atoms with Gasteiger partial charge in [0.1, 0.15) is 12.4 Å². The molecule has 0 aliphatic heterocycles. The summed E-state index contributed by atoms with van der Waals surface area (Å²) >= 11 is 0. The number of hydrogen-bond donors (Lipinski definition) is 2. The van der Waals surface area contributed by atoms with Crippen LogP contribution >= 0.6 is 0 Å². The zero-order chi connectivity index (χ0) is 17.4. The van der Waals surface area contributed by atoms with Gasteiger partial charge in [0.25, 0.3) is 0 Å². The number of rotatable bonds is 7. The number of carbonyl (C=O) groups is 1. The van der Waals surface area contributed by atoms with E-state index in [9.17, 15) is 4.79 Å². The van der Waals surface area contributed by atoms with E-state index in [0.717, 1.165) is 17.0 Å². The summed E-state index contributed by atoms with van der Waals surface area (Å²) in [7, 11) is 4.00. The zero-order valence-electron chi connectivity index (χ0n) is 14.5. The smallest absolute Gasteiger partial charge is 0.315 e. The summed E-state index contributed by atoms with van der Waals surface area (Å²) in [5, 5.41) is 5.62. The van der Waals surface area contributed by atoms with E-state index in [0.29, 0.717) is 19.7 Å². The lowest BCUT2D eigenvalue weighted by Crippen LogP contribution is -2.37. The predicted octanol–water partition coefficient (Wildman–Crippen LogP) is 2.94. The van der Waals surface area contributed by atoms with Gasteiger partial charge in [0.15, 0.2) is 0 Å². The van der Waals surface area contributed by atoms with Gasteiger partial charge in [-0.05, 0) is 36.8 Å². The molecule has 2 rings (SSSR count). The Morgan fingerprint density at radius 2 is 1.67 bits per heavy atom. The van der Waals surface area contributed by atoms with Crippen molar-refractivity contribution in [1.82, 2.24) is 10.6 Å². The van der Waals surface area contributed by atoms with Crippen LogP contribution in [0.3, 0.4) is 0 Å². The molecule has 0 heterocycles. The maximum atomic E-state index is 11.8. The topological polar surface area (TPSA) is 53.6 Å². The fourth-order valence-electron chi connectivity index (χ4n) is 2.12. The lowest BCUT2D eigenvalue weighted by molar-refractivity contribution is 0.236. The summed E-state index contributed by atoms with van der Waals surface area (Å²) in [4.78, 5) is 13.8. The van der Waals surface area contributed by atoms with Crippen LogP contribution in [-0.4, -0.2) is 33.3 Å². The van der Waals surface area contributed by atoms with Crippen LogP contribution in [0, 0.1) is 6.92 Å². The van der Waals surface area contributed by atoms with Crippen LogP contribution in [0.5, 0.6) is 5.75 Å². The molecule has 0 atom stereocenters. The normalized spacial score (nSPS) is 10.1. The summed E-state index contributed by atoms with van der Waals surface area (Å²) in [6.07, 6.45) is 0. The molecule has 2 N–H and O–H groups in total. The minimum atomic E-state index is -0.195. The Hall–Kier alpha value is -2.69. The number of anilines is 1. The van der Waals surface area contributed by atoms with Crippen molar-refractivity contribution < 1.29 is 9.53 Å². The fourth-order valence-corrected chi connectivity index (χ4v) is 2.12. The van der Waals surface area contributed by atoms with Crippen LogP contribution in [0.25, 0.3) is 0 Å². The Bertz CT molecular complexity index is 637. The third-order valence-electron chi connectivity index (χ3n) is 3.58. The number of hydrogen-bond acceptors (Lipinski definition) is 3. The molecule has 0 spiro atoms. The minimum absolute atomic E-state index is 0.195. The molecular formula is C19H25N3O2. The summed E-state index contributed by atoms with van der Waals surface area (Å²) in [5.74, 6) is 0.809. The monoisotopic (exact) mass is 327 g/mol. The molecule has 128 valence electrons. The highest BCUT2D eigenvalue weighted by Crippen LogP contribution is 2.12. The maximum absolute atomic E-state index is 11.8. The molecule has 0 aliphatic rings. The highest BCUT2D eigenvalue weighted by molar-refractivity contribution is 5.73. The van der Waals surface area contributed by atoms with Crippen molar-refractivity contribution in [1.29, 1.82) is 0 Å². The molecule has 0 bridgehead atoms. The molecule has 0 saturated carbocycles. The summed E-state index contributed by atoms with van der Waals surface area (Å²) in [6, 6.07) is 15.7. The fraction of sp³-hybridized carbons (Fsp3) is 0.316. The average molecular weight is 327 g/mol. The second-order valence-corrected chi connectivity index (χ2v) is 5.83. The van der Waals surface area contributed by atoms with Crippen LogP contribution in [0.1, 0.15) is 11.1 Å². The molecule has 2 aromatic carbocycles. The number of ether oxygens (including phenoxy) is 1. The first-order valence-corrected chi connectivity index (χ1v) is 8.02. The highest BCUT2D eigenvalue weighted by atomic mass is 16.5. The third kappa shape index (κ3) is 5.83. The number of benzene rings is 2. The number of urea groups is 1. The number of nitrogens with one attached hydrogen (secondary N) is 2. The molecule has 5 heteroatoms. The van der Waals surface area contributed by atoms with Gasteiger partial charge in [-0.3, -0.25) is 0 Å². The Labute approximate surface area is 143 Å². The summed E-state index contributed by atoms with van der Waals surface area (Å²) in [5.41, 5.74) is 3.39. The van der Waals surface area contributed by atoms with E-state index in [4.69, 9.17) is 4.74 Å². The van der Waals surface area contributed by atoms with E-state index in [1.165, 1.54) is 5.56 Å². The minimum Gasteiger partial charge on any atom is -0.492 e. The molecule has 0 fully saturated rings. The molecule has 0 aliphatic carbocycles. The summed E-state index contributed by atoms with van der Waals surface area (Å²) in [6.45, 7) is 3.43. The molecule has 2 amide bonds. The number of nitrogens with zero attached hydrogens (tertiary/aromatic N) is 1. The Kier molecular flexibility index (Phi) is 6.49. The lowest BCUT2D eigenvalue weighted by Gasteiger charge is -2.13. The van der Waals surface area contributed by atoms with Crippen LogP contribution in [-0.2, 0) is 6.54 Å².